The fraction of sp³-hybridized carbons (Fsp3) is 1.00. The minimum atomic E-state index is -0.431. The zero-order valence-corrected chi connectivity index (χ0v) is 5.29. The van der Waals surface area contributed by atoms with Crippen LogP contribution in [0.1, 0.15) is 13.8 Å². The number of hydrogen-bond acceptors (Lipinski definition) is 3. The molecule has 0 heterocycles. The first-order chi connectivity index (χ1) is 3.68. The van der Waals surface area contributed by atoms with Gasteiger partial charge in [0.1, 0.15) is 0 Å². The molecule has 8 heavy (non-hydrogen) atoms. The minimum absolute atomic E-state index is 0.220. The number of aliphatic hydroxyl groups is 1. The number of aliphatic hydroxyl groups excluding tert-OH is 1. The Morgan fingerprint density at radius 1 is 1.62 bits per heavy atom. The topological polar surface area (TPSA) is 55.5 Å². The summed E-state index contributed by atoms with van der Waals surface area (Å²) in [6, 6.07) is 0. The molecular weight excluding hydrogens is 106 g/mol. The molecule has 1 unspecified atom stereocenters. The van der Waals surface area contributed by atoms with Crippen LogP contribution < -0.4 is 5.90 Å². The van der Waals surface area contributed by atoms with Gasteiger partial charge in [-0.15, -0.1) is 0 Å². The van der Waals surface area contributed by atoms with Crippen LogP contribution in [0.15, 0.2) is 0 Å². The third-order valence-corrected chi connectivity index (χ3v) is 1.04. The van der Waals surface area contributed by atoms with Crippen molar-refractivity contribution in [1.82, 2.24) is 0 Å². The van der Waals surface area contributed by atoms with Crippen LogP contribution in [0.25, 0.3) is 0 Å². The van der Waals surface area contributed by atoms with E-state index in [0.29, 0.717) is 0 Å². The summed E-state index contributed by atoms with van der Waals surface area (Å²) >= 11 is 0. The smallest absolute Gasteiger partial charge is 0.0941 e. The van der Waals surface area contributed by atoms with Gasteiger partial charge in [-0.25, -0.2) is 5.90 Å². The average molecular weight is 119 g/mol. The van der Waals surface area contributed by atoms with Crippen LogP contribution in [0.3, 0.4) is 0 Å². The summed E-state index contributed by atoms with van der Waals surface area (Å²) in [5, 5.41) is 8.92. The Kier molecular flexibility index (Phi) is 3.77. The van der Waals surface area contributed by atoms with E-state index >= 15 is 0 Å². The monoisotopic (exact) mass is 119 g/mol. The van der Waals surface area contributed by atoms with E-state index < -0.39 is 6.10 Å². The molecule has 0 bridgehead atoms. The minimum Gasteiger partial charge on any atom is -0.390 e. The van der Waals surface area contributed by atoms with E-state index in [1.54, 1.807) is 0 Å². The third kappa shape index (κ3) is 2.96. The summed E-state index contributed by atoms with van der Waals surface area (Å²) in [4.78, 5) is 4.21. The maximum Gasteiger partial charge on any atom is 0.0941 e. The van der Waals surface area contributed by atoms with Crippen molar-refractivity contribution in [3.63, 3.8) is 0 Å². The summed E-state index contributed by atoms with van der Waals surface area (Å²) in [6.45, 7) is 4.03. The second kappa shape index (κ2) is 3.83. The maximum absolute atomic E-state index is 8.92. The lowest BCUT2D eigenvalue weighted by Crippen LogP contribution is -2.23. The van der Waals surface area contributed by atoms with Crippen LogP contribution in [-0.2, 0) is 4.84 Å². The number of rotatable bonds is 3. The Morgan fingerprint density at radius 3 is 2.25 bits per heavy atom. The van der Waals surface area contributed by atoms with Gasteiger partial charge in [0, 0.05) is 0 Å². The van der Waals surface area contributed by atoms with Gasteiger partial charge < -0.3 is 9.94 Å². The Morgan fingerprint density at radius 2 is 2.12 bits per heavy atom. The first-order valence-corrected chi connectivity index (χ1v) is 2.68. The molecule has 50 valence electrons. The standard InChI is InChI=1S/C5H13NO2/c1-4(2)5(7)3-8-6/h4-5,7H,3,6H2,1-2H3. The largest absolute Gasteiger partial charge is 0.390 e. The quantitative estimate of drug-likeness (QED) is 0.510. The Balaban J connectivity index is 3.17. The molecule has 3 heteroatoms. The van der Waals surface area contributed by atoms with Crippen molar-refractivity contribution in [2.45, 2.75) is 20.0 Å². The van der Waals surface area contributed by atoms with Crippen molar-refractivity contribution in [2.24, 2.45) is 11.8 Å². The lowest BCUT2D eigenvalue weighted by atomic mass is 10.1. The Bertz CT molecular complexity index is 56.4. The molecule has 1 atom stereocenters. The number of nitrogens with two attached hydrogens (primary N) is 1. The highest BCUT2D eigenvalue weighted by molar-refractivity contribution is 4.56. The van der Waals surface area contributed by atoms with Gasteiger partial charge in [-0.2, -0.15) is 0 Å². The summed E-state index contributed by atoms with van der Waals surface area (Å²) in [5.41, 5.74) is 0. The molecule has 0 aromatic carbocycles. The summed E-state index contributed by atoms with van der Waals surface area (Å²) in [5.74, 6) is 4.93. The first kappa shape index (κ1) is 7.88. The molecule has 0 fully saturated rings. The molecule has 0 spiro atoms. The van der Waals surface area contributed by atoms with Crippen molar-refractivity contribution in [3.8, 4) is 0 Å². The van der Waals surface area contributed by atoms with E-state index in [1.165, 1.54) is 0 Å². The molecule has 0 aliphatic carbocycles. The summed E-state index contributed by atoms with van der Waals surface area (Å²) < 4.78 is 0. The highest BCUT2D eigenvalue weighted by Crippen LogP contribution is 1.98. The van der Waals surface area contributed by atoms with Gasteiger partial charge in [0.15, 0.2) is 0 Å². The fourth-order valence-corrected chi connectivity index (χ4v) is 0.291. The van der Waals surface area contributed by atoms with Crippen LogP contribution in [0, 0.1) is 5.92 Å². The molecule has 3 N–H and O–H groups in total. The SMILES string of the molecule is CC(C)C(O)CON. The van der Waals surface area contributed by atoms with Crippen LogP contribution in [-0.4, -0.2) is 17.8 Å². The highest BCUT2D eigenvalue weighted by atomic mass is 16.6. The lowest BCUT2D eigenvalue weighted by Gasteiger charge is -2.11. The van der Waals surface area contributed by atoms with Gasteiger partial charge in [-0.1, -0.05) is 13.8 Å². The molecule has 3 nitrogen and oxygen atoms in total. The fourth-order valence-electron chi connectivity index (χ4n) is 0.291. The third-order valence-electron chi connectivity index (χ3n) is 1.04. The molecule has 0 aliphatic rings. The predicted molar refractivity (Wildman–Crippen MR) is 31.0 cm³/mol. The lowest BCUT2D eigenvalue weighted by molar-refractivity contribution is 0.0126. The van der Waals surface area contributed by atoms with Crippen molar-refractivity contribution < 1.29 is 9.94 Å². The van der Waals surface area contributed by atoms with Gasteiger partial charge in [-0.3, -0.25) is 0 Å². The van der Waals surface area contributed by atoms with E-state index in [9.17, 15) is 0 Å². The second-order valence-corrected chi connectivity index (χ2v) is 2.14. The van der Waals surface area contributed by atoms with E-state index in [1.807, 2.05) is 13.8 Å². The summed E-state index contributed by atoms with van der Waals surface area (Å²) in [7, 11) is 0. The summed E-state index contributed by atoms with van der Waals surface area (Å²) in [6.07, 6.45) is -0.431. The molecule has 0 aromatic heterocycles. The van der Waals surface area contributed by atoms with Crippen molar-refractivity contribution in [2.75, 3.05) is 6.61 Å². The number of hydrogen-bond donors (Lipinski definition) is 2. The maximum atomic E-state index is 8.92. The van der Waals surface area contributed by atoms with Crippen molar-refractivity contribution in [1.29, 1.82) is 0 Å². The predicted octanol–water partition coefficient (Wildman–Crippen LogP) is -0.106. The van der Waals surface area contributed by atoms with E-state index in [2.05, 4.69) is 4.84 Å². The zero-order valence-electron chi connectivity index (χ0n) is 5.29. The van der Waals surface area contributed by atoms with E-state index in [-0.39, 0.29) is 12.5 Å². The molecule has 0 radical (unpaired) electrons. The van der Waals surface area contributed by atoms with Crippen LogP contribution in [0.2, 0.25) is 0 Å². The van der Waals surface area contributed by atoms with Crippen LogP contribution >= 0.6 is 0 Å². The van der Waals surface area contributed by atoms with Gasteiger partial charge >= 0.3 is 0 Å². The van der Waals surface area contributed by atoms with Crippen LogP contribution in [0.4, 0.5) is 0 Å². The molecule has 0 saturated heterocycles. The van der Waals surface area contributed by atoms with Gasteiger partial charge in [0.2, 0.25) is 0 Å². The first-order valence-electron chi connectivity index (χ1n) is 2.68. The second-order valence-electron chi connectivity index (χ2n) is 2.14. The van der Waals surface area contributed by atoms with Gasteiger partial charge in [0.05, 0.1) is 12.7 Å². The normalized spacial score (nSPS) is 14.6. The molecule has 0 saturated carbocycles. The zero-order chi connectivity index (χ0) is 6.57. The molecule has 0 aliphatic heterocycles. The Hall–Kier alpha value is -0.120. The van der Waals surface area contributed by atoms with Crippen molar-refractivity contribution >= 4 is 0 Å². The van der Waals surface area contributed by atoms with Gasteiger partial charge in [-0.05, 0) is 5.92 Å². The molecule has 0 amide bonds. The van der Waals surface area contributed by atoms with Crippen molar-refractivity contribution in [3.05, 3.63) is 0 Å². The molecule has 0 rings (SSSR count). The molecule has 0 aromatic rings. The van der Waals surface area contributed by atoms with E-state index in [4.69, 9.17) is 11.0 Å². The van der Waals surface area contributed by atoms with Crippen LogP contribution in [0.5, 0.6) is 0 Å². The highest BCUT2D eigenvalue weighted by Gasteiger charge is 2.06. The average Bonchev–Trinajstić information content (AvgIpc) is 1.67. The molecular formula is C5H13NO2. The van der Waals surface area contributed by atoms with Gasteiger partial charge in [0.25, 0.3) is 0 Å². The van der Waals surface area contributed by atoms with E-state index in [0.717, 1.165) is 0 Å². The Labute approximate surface area is 49.4 Å².